The molecule has 0 saturated heterocycles. The van der Waals surface area contributed by atoms with Crippen LogP contribution in [0, 0.1) is 17.0 Å². The van der Waals surface area contributed by atoms with Crippen molar-refractivity contribution in [3.8, 4) is 0 Å². The van der Waals surface area contributed by atoms with Crippen LogP contribution in [0.25, 0.3) is 0 Å². The van der Waals surface area contributed by atoms with Gasteiger partial charge in [-0.3, -0.25) is 14.9 Å². The van der Waals surface area contributed by atoms with Crippen LogP contribution < -0.4 is 0 Å². The molecule has 98 valence electrons. The lowest BCUT2D eigenvalue weighted by atomic mass is 10.0. The van der Waals surface area contributed by atoms with Crippen LogP contribution in [0.3, 0.4) is 0 Å². The van der Waals surface area contributed by atoms with E-state index in [1.807, 2.05) is 0 Å². The first-order valence-corrected chi connectivity index (χ1v) is 6.60. The van der Waals surface area contributed by atoms with Crippen LogP contribution in [0.15, 0.2) is 12.1 Å². The summed E-state index contributed by atoms with van der Waals surface area (Å²) in [6.07, 6.45) is 0.0569. The number of carbonyl (C=O) groups excluding carboxylic acids is 1. The zero-order chi connectivity index (χ0) is 13.7. The highest BCUT2D eigenvalue weighted by molar-refractivity contribution is 9.08. The molecule has 0 unspecified atom stereocenters. The first-order chi connectivity index (χ1) is 8.49. The number of esters is 1. The Morgan fingerprint density at radius 1 is 1.50 bits per heavy atom. The lowest BCUT2D eigenvalue weighted by Gasteiger charge is -2.08. The molecule has 0 bridgehead atoms. The van der Waals surface area contributed by atoms with E-state index in [1.54, 1.807) is 19.9 Å². The Labute approximate surface area is 113 Å². The minimum Gasteiger partial charge on any atom is -0.466 e. The zero-order valence-electron chi connectivity index (χ0n) is 10.2. The average molecular weight is 316 g/mol. The van der Waals surface area contributed by atoms with E-state index in [2.05, 4.69) is 15.9 Å². The van der Waals surface area contributed by atoms with Gasteiger partial charge in [0.1, 0.15) is 0 Å². The highest BCUT2D eigenvalue weighted by atomic mass is 79.9. The third-order valence-corrected chi connectivity index (χ3v) is 3.19. The van der Waals surface area contributed by atoms with Crippen molar-refractivity contribution >= 4 is 27.6 Å². The molecule has 0 radical (unpaired) electrons. The van der Waals surface area contributed by atoms with E-state index >= 15 is 0 Å². The number of nitrogens with zero attached hydrogens (tertiary/aromatic N) is 1. The van der Waals surface area contributed by atoms with Gasteiger partial charge in [-0.1, -0.05) is 22.0 Å². The highest BCUT2D eigenvalue weighted by Crippen LogP contribution is 2.25. The summed E-state index contributed by atoms with van der Waals surface area (Å²) in [6.45, 7) is 3.67. The topological polar surface area (TPSA) is 69.4 Å². The van der Waals surface area contributed by atoms with Crippen molar-refractivity contribution in [1.29, 1.82) is 0 Å². The number of rotatable bonds is 5. The normalized spacial score (nSPS) is 10.2. The van der Waals surface area contributed by atoms with E-state index in [0.717, 1.165) is 5.56 Å². The summed E-state index contributed by atoms with van der Waals surface area (Å²) >= 11 is 3.26. The predicted molar refractivity (Wildman–Crippen MR) is 70.8 cm³/mol. The smallest absolute Gasteiger partial charge is 0.310 e. The first-order valence-electron chi connectivity index (χ1n) is 5.48. The van der Waals surface area contributed by atoms with Crippen molar-refractivity contribution in [3.05, 3.63) is 38.9 Å². The Morgan fingerprint density at radius 3 is 2.67 bits per heavy atom. The van der Waals surface area contributed by atoms with E-state index in [0.29, 0.717) is 23.1 Å². The number of halogens is 1. The molecule has 1 rings (SSSR count). The zero-order valence-corrected chi connectivity index (χ0v) is 11.8. The van der Waals surface area contributed by atoms with E-state index < -0.39 is 4.92 Å². The van der Waals surface area contributed by atoms with Gasteiger partial charge in [-0.05, 0) is 25.0 Å². The number of alkyl halides is 1. The van der Waals surface area contributed by atoms with Crippen molar-refractivity contribution in [3.63, 3.8) is 0 Å². The van der Waals surface area contributed by atoms with Crippen molar-refractivity contribution in [2.24, 2.45) is 0 Å². The van der Waals surface area contributed by atoms with E-state index in [9.17, 15) is 14.9 Å². The van der Waals surface area contributed by atoms with Crippen molar-refractivity contribution in [2.75, 3.05) is 6.61 Å². The van der Waals surface area contributed by atoms with Gasteiger partial charge in [0.05, 0.1) is 18.0 Å². The Morgan fingerprint density at radius 2 is 2.17 bits per heavy atom. The second-order valence-corrected chi connectivity index (χ2v) is 4.33. The molecule has 0 heterocycles. The highest BCUT2D eigenvalue weighted by Gasteiger charge is 2.17. The molecule has 0 N–H and O–H groups in total. The molecule has 6 heteroatoms. The summed E-state index contributed by atoms with van der Waals surface area (Å²) in [5.74, 6) is -0.373. The molecule has 0 aliphatic carbocycles. The van der Waals surface area contributed by atoms with Gasteiger partial charge in [-0.15, -0.1) is 0 Å². The second-order valence-electron chi connectivity index (χ2n) is 3.77. The molecule has 0 saturated carbocycles. The predicted octanol–water partition coefficient (Wildman–Crippen LogP) is 2.90. The minimum absolute atomic E-state index is 0.0336. The molecule has 1 aromatic carbocycles. The van der Waals surface area contributed by atoms with Crippen LogP contribution in [-0.2, 0) is 21.3 Å². The molecular weight excluding hydrogens is 302 g/mol. The number of nitro benzene ring substituents is 1. The summed E-state index contributed by atoms with van der Waals surface area (Å²) in [4.78, 5) is 21.9. The number of carbonyl (C=O) groups is 1. The number of nitro groups is 1. The van der Waals surface area contributed by atoms with Gasteiger partial charge in [0.2, 0.25) is 0 Å². The summed E-state index contributed by atoms with van der Waals surface area (Å²) in [5.41, 5.74) is 1.95. The number of ether oxygens (including phenoxy) is 1. The average Bonchev–Trinajstić information content (AvgIpc) is 2.31. The maximum absolute atomic E-state index is 11.4. The largest absolute Gasteiger partial charge is 0.466 e. The number of benzene rings is 1. The molecule has 5 nitrogen and oxygen atoms in total. The van der Waals surface area contributed by atoms with Crippen molar-refractivity contribution in [1.82, 2.24) is 0 Å². The van der Waals surface area contributed by atoms with Gasteiger partial charge in [-0.2, -0.15) is 0 Å². The van der Waals surface area contributed by atoms with Gasteiger partial charge in [0.15, 0.2) is 0 Å². The maximum atomic E-state index is 11.4. The third kappa shape index (κ3) is 3.53. The monoisotopic (exact) mass is 315 g/mol. The van der Waals surface area contributed by atoms with E-state index in [-0.39, 0.29) is 18.1 Å². The SMILES string of the molecule is CCOC(=O)Cc1cc(CBr)cc([N+](=O)[O-])c1C. The second kappa shape index (κ2) is 6.49. The van der Waals surface area contributed by atoms with Gasteiger partial charge in [-0.25, -0.2) is 0 Å². The van der Waals surface area contributed by atoms with E-state index in [4.69, 9.17) is 4.74 Å². The fourth-order valence-electron chi connectivity index (χ4n) is 1.64. The molecule has 18 heavy (non-hydrogen) atoms. The Kier molecular flexibility index (Phi) is 5.27. The van der Waals surface area contributed by atoms with Crippen molar-refractivity contribution in [2.45, 2.75) is 25.6 Å². The van der Waals surface area contributed by atoms with Crippen LogP contribution in [0.5, 0.6) is 0 Å². The maximum Gasteiger partial charge on any atom is 0.310 e. The van der Waals surface area contributed by atoms with Crippen LogP contribution >= 0.6 is 15.9 Å². The molecule has 1 aromatic rings. The lowest BCUT2D eigenvalue weighted by Crippen LogP contribution is -2.09. The van der Waals surface area contributed by atoms with Crippen molar-refractivity contribution < 1.29 is 14.5 Å². The molecule has 0 amide bonds. The molecule has 0 fully saturated rings. The molecular formula is C12H14BrNO4. The Balaban J connectivity index is 3.13. The van der Waals surface area contributed by atoms with Crippen LogP contribution in [0.1, 0.15) is 23.6 Å². The Hall–Kier alpha value is -1.43. The lowest BCUT2D eigenvalue weighted by molar-refractivity contribution is -0.385. The Bertz CT molecular complexity index is 473. The molecule has 0 aliphatic heterocycles. The standard InChI is InChI=1S/C12H14BrNO4/c1-3-18-12(15)6-10-4-9(7-13)5-11(8(10)2)14(16)17/h4-5H,3,6-7H2,1-2H3. The van der Waals surface area contributed by atoms with Crippen LogP contribution in [-0.4, -0.2) is 17.5 Å². The third-order valence-electron chi connectivity index (χ3n) is 2.54. The van der Waals surface area contributed by atoms with Gasteiger partial charge in [0.25, 0.3) is 5.69 Å². The van der Waals surface area contributed by atoms with Crippen LogP contribution in [0.4, 0.5) is 5.69 Å². The molecule has 0 spiro atoms. The summed E-state index contributed by atoms with van der Waals surface area (Å²) in [5, 5.41) is 11.4. The quantitative estimate of drug-likeness (QED) is 0.362. The fourth-order valence-corrected chi connectivity index (χ4v) is 1.96. The van der Waals surface area contributed by atoms with Gasteiger partial charge >= 0.3 is 5.97 Å². The minimum atomic E-state index is -0.434. The number of hydrogen-bond acceptors (Lipinski definition) is 4. The summed E-state index contributed by atoms with van der Waals surface area (Å²) in [7, 11) is 0. The number of hydrogen-bond donors (Lipinski definition) is 0. The van der Waals surface area contributed by atoms with Crippen LogP contribution in [0.2, 0.25) is 0 Å². The van der Waals surface area contributed by atoms with Gasteiger partial charge < -0.3 is 4.74 Å². The molecule has 0 atom stereocenters. The van der Waals surface area contributed by atoms with E-state index in [1.165, 1.54) is 6.07 Å². The molecule has 0 aromatic heterocycles. The fraction of sp³-hybridized carbons (Fsp3) is 0.417. The molecule has 0 aliphatic rings. The first kappa shape index (κ1) is 14.6. The summed E-state index contributed by atoms with van der Waals surface area (Å²) < 4.78 is 4.85. The van der Waals surface area contributed by atoms with Gasteiger partial charge in [0, 0.05) is 17.0 Å². The summed E-state index contributed by atoms with van der Waals surface area (Å²) in [6, 6.07) is 3.30.